The number of carbonyl (C=O) groups is 4. The summed E-state index contributed by atoms with van der Waals surface area (Å²) in [6.07, 6.45) is 6.32. The van der Waals surface area contributed by atoms with E-state index >= 15 is 0 Å². The highest BCUT2D eigenvalue weighted by molar-refractivity contribution is 5.80. The van der Waals surface area contributed by atoms with Crippen molar-refractivity contribution in [3.05, 3.63) is 11.5 Å². The van der Waals surface area contributed by atoms with Gasteiger partial charge in [-0.25, -0.2) is 0 Å². The molecule has 0 radical (unpaired) electrons. The second-order valence-electron chi connectivity index (χ2n) is 10.3. The van der Waals surface area contributed by atoms with Crippen LogP contribution in [0, 0.1) is 17.3 Å². The molecule has 1 unspecified atom stereocenters. The van der Waals surface area contributed by atoms with Gasteiger partial charge >= 0.3 is 5.97 Å². The molecule has 0 aromatic rings. The highest BCUT2D eigenvalue weighted by Crippen LogP contribution is 2.24. The standard InChI is InChI=1S/C22H37NO7.C5H11NO/c1-16(28-12-18-9-7-6-8-10-18)11-20(25)23-14-22(3,4)21(26)29-13-19(27-5)17(2)30-15-24;1-4(2)5(7)6-3/h15-16,18H,6-14H2,1-5H3,(H,23,25);4H,1-3H3,(H,6,7)/b19-17-;. The fraction of sp³-hybridized carbons (Fsp3) is 0.778. The van der Waals surface area contributed by atoms with E-state index in [0.717, 1.165) is 0 Å². The van der Waals surface area contributed by atoms with Gasteiger partial charge in [-0.1, -0.05) is 33.1 Å². The molecule has 2 amide bonds. The van der Waals surface area contributed by atoms with Gasteiger partial charge in [0, 0.05) is 26.1 Å². The summed E-state index contributed by atoms with van der Waals surface area (Å²) in [5, 5.41) is 5.31. The number of nitrogens with one attached hydrogen (secondary N) is 2. The normalized spacial score (nSPS) is 15.4. The molecular formula is C27H48N2O8. The molecule has 1 aliphatic rings. The van der Waals surface area contributed by atoms with Crippen molar-refractivity contribution in [3.8, 4) is 0 Å². The largest absolute Gasteiger partial charge is 0.494 e. The summed E-state index contributed by atoms with van der Waals surface area (Å²) in [6, 6.07) is 0. The zero-order valence-corrected chi connectivity index (χ0v) is 23.9. The van der Waals surface area contributed by atoms with E-state index < -0.39 is 11.4 Å². The number of hydrogen-bond donors (Lipinski definition) is 2. The van der Waals surface area contributed by atoms with Crippen LogP contribution < -0.4 is 10.6 Å². The third-order valence-corrected chi connectivity index (χ3v) is 6.06. The van der Waals surface area contributed by atoms with E-state index in [1.807, 2.05) is 20.8 Å². The highest BCUT2D eigenvalue weighted by Gasteiger charge is 2.30. The Labute approximate surface area is 222 Å². The maximum absolute atomic E-state index is 12.4. The molecule has 1 saturated carbocycles. The van der Waals surface area contributed by atoms with Gasteiger partial charge in [-0.3, -0.25) is 19.2 Å². The van der Waals surface area contributed by atoms with Gasteiger partial charge in [0.1, 0.15) is 5.76 Å². The minimum absolute atomic E-state index is 0.0972. The zero-order chi connectivity index (χ0) is 28.4. The molecule has 1 rings (SSSR count). The monoisotopic (exact) mass is 528 g/mol. The molecule has 0 spiro atoms. The topological polar surface area (TPSA) is 129 Å². The smallest absolute Gasteiger partial charge is 0.313 e. The second kappa shape index (κ2) is 18.6. The van der Waals surface area contributed by atoms with E-state index in [1.165, 1.54) is 46.1 Å². The van der Waals surface area contributed by atoms with Gasteiger partial charge in [0.25, 0.3) is 6.47 Å². The van der Waals surface area contributed by atoms with Gasteiger partial charge in [-0.15, -0.1) is 0 Å². The Morgan fingerprint density at radius 2 is 1.70 bits per heavy atom. The van der Waals surface area contributed by atoms with Crippen LogP contribution in [0.3, 0.4) is 0 Å². The molecule has 1 aliphatic carbocycles. The molecular weight excluding hydrogens is 480 g/mol. The van der Waals surface area contributed by atoms with E-state index in [2.05, 4.69) is 10.6 Å². The fourth-order valence-corrected chi connectivity index (χ4v) is 3.50. The molecule has 0 aromatic heterocycles. The molecule has 0 aromatic carbocycles. The van der Waals surface area contributed by atoms with Crippen molar-refractivity contribution in [1.82, 2.24) is 10.6 Å². The lowest BCUT2D eigenvalue weighted by Crippen LogP contribution is -2.41. The Kier molecular flexibility index (Phi) is 17.3. The number of allylic oxidation sites excluding steroid dienone is 1. The number of ether oxygens (including phenoxy) is 4. The quantitative estimate of drug-likeness (QED) is 0.199. The Hall–Kier alpha value is -2.62. The summed E-state index contributed by atoms with van der Waals surface area (Å²) in [7, 11) is 3.03. The van der Waals surface area contributed by atoms with Crippen molar-refractivity contribution in [2.75, 3.05) is 33.9 Å². The highest BCUT2D eigenvalue weighted by atomic mass is 16.6. The molecule has 2 N–H and O–H groups in total. The van der Waals surface area contributed by atoms with E-state index in [1.54, 1.807) is 20.9 Å². The van der Waals surface area contributed by atoms with Crippen LogP contribution in [0.2, 0.25) is 0 Å². The average Bonchev–Trinajstić information content (AvgIpc) is 2.87. The Morgan fingerprint density at radius 1 is 1.08 bits per heavy atom. The van der Waals surface area contributed by atoms with Crippen molar-refractivity contribution >= 4 is 24.3 Å². The summed E-state index contributed by atoms with van der Waals surface area (Å²) < 4.78 is 20.9. The van der Waals surface area contributed by atoms with Crippen molar-refractivity contribution in [2.45, 2.75) is 86.2 Å². The van der Waals surface area contributed by atoms with Crippen LogP contribution in [-0.4, -0.2) is 64.3 Å². The summed E-state index contributed by atoms with van der Waals surface area (Å²) in [5.74, 6) is 0.597. The predicted octanol–water partition coefficient (Wildman–Crippen LogP) is 3.49. The van der Waals surface area contributed by atoms with Gasteiger partial charge in [0.15, 0.2) is 12.4 Å². The summed E-state index contributed by atoms with van der Waals surface area (Å²) in [5.41, 5.74) is -0.930. The Morgan fingerprint density at radius 3 is 2.19 bits per heavy atom. The van der Waals surface area contributed by atoms with Crippen LogP contribution >= 0.6 is 0 Å². The Balaban J connectivity index is 0.00000161. The third-order valence-electron chi connectivity index (χ3n) is 6.06. The fourth-order valence-electron chi connectivity index (χ4n) is 3.50. The lowest BCUT2D eigenvalue weighted by atomic mass is 9.90. The first-order valence-electron chi connectivity index (χ1n) is 13.0. The minimum atomic E-state index is -0.930. The molecule has 1 fully saturated rings. The maximum atomic E-state index is 12.4. The first-order valence-corrected chi connectivity index (χ1v) is 13.0. The van der Waals surface area contributed by atoms with Crippen LogP contribution in [0.25, 0.3) is 0 Å². The lowest BCUT2D eigenvalue weighted by molar-refractivity contribution is -0.153. The summed E-state index contributed by atoms with van der Waals surface area (Å²) >= 11 is 0. The lowest BCUT2D eigenvalue weighted by Gasteiger charge is -2.25. The SMILES string of the molecule is CNC(=O)C(C)C.CO/C(COC(=O)C(C)(C)CNC(=O)CC(C)OCC1CCCCC1)=C(/C)OC=O. The van der Waals surface area contributed by atoms with Crippen LogP contribution in [0.4, 0.5) is 0 Å². The molecule has 0 aliphatic heterocycles. The van der Waals surface area contributed by atoms with Gasteiger partial charge < -0.3 is 29.6 Å². The Bertz CT molecular complexity index is 743. The summed E-state index contributed by atoms with van der Waals surface area (Å²) in [6.45, 7) is 11.5. The molecule has 37 heavy (non-hydrogen) atoms. The summed E-state index contributed by atoms with van der Waals surface area (Å²) in [4.78, 5) is 45.4. The number of esters is 1. The average molecular weight is 529 g/mol. The van der Waals surface area contributed by atoms with Gasteiger partial charge in [0.2, 0.25) is 11.8 Å². The van der Waals surface area contributed by atoms with Gasteiger partial charge in [-0.05, 0) is 46.5 Å². The maximum Gasteiger partial charge on any atom is 0.313 e. The molecule has 214 valence electrons. The third kappa shape index (κ3) is 15.3. The molecule has 0 bridgehead atoms. The number of hydrogen-bond acceptors (Lipinski definition) is 8. The van der Waals surface area contributed by atoms with Crippen molar-refractivity contribution in [1.29, 1.82) is 0 Å². The first-order chi connectivity index (χ1) is 17.4. The first kappa shape index (κ1) is 34.4. The molecule has 1 atom stereocenters. The van der Waals surface area contributed by atoms with E-state index in [-0.39, 0.29) is 61.4 Å². The molecule has 0 saturated heterocycles. The number of methoxy groups -OCH3 is 1. The van der Waals surface area contributed by atoms with Gasteiger partial charge in [0.05, 0.1) is 25.0 Å². The predicted molar refractivity (Wildman–Crippen MR) is 140 cm³/mol. The number of rotatable bonds is 14. The van der Waals surface area contributed by atoms with E-state index in [9.17, 15) is 19.2 Å². The van der Waals surface area contributed by atoms with Crippen LogP contribution in [0.5, 0.6) is 0 Å². The van der Waals surface area contributed by atoms with Gasteiger partial charge in [-0.2, -0.15) is 0 Å². The number of amides is 2. The molecule has 10 nitrogen and oxygen atoms in total. The van der Waals surface area contributed by atoms with Crippen LogP contribution in [0.1, 0.15) is 80.1 Å². The molecule has 10 heteroatoms. The van der Waals surface area contributed by atoms with E-state index in [0.29, 0.717) is 12.5 Å². The zero-order valence-electron chi connectivity index (χ0n) is 23.9. The number of carbonyl (C=O) groups excluding carboxylic acids is 4. The van der Waals surface area contributed by atoms with E-state index in [4.69, 9.17) is 18.9 Å². The second-order valence-corrected chi connectivity index (χ2v) is 10.3. The molecule has 0 heterocycles. The van der Waals surface area contributed by atoms with Crippen LogP contribution in [0.15, 0.2) is 11.5 Å². The van der Waals surface area contributed by atoms with Crippen molar-refractivity contribution in [3.63, 3.8) is 0 Å². The van der Waals surface area contributed by atoms with Crippen molar-refractivity contribution in [2.24, 2.45) is 17.3 Å². The van der Waals surface area contributed by atoms with Crippen LogP contribution in [-0.2, 0) is 38.1 Å². The minimum Gasteiger partial charge on any atom is -0.494 e. The van der Waals surface area contributed by atoms with Crippen molar-refractivity contribution < 1.29 is 38.1 Å².